The molecule has 16 heavy (non-hydrogen) atoms. The molecule has 2 nitrogen and oxygen atoms in total. The first-order valence-corrected chi connectivity index (χ1v) is 6.69. The molecule has 0 radical (unpaired) electrons. The van der Waals surface area contributed by atoms with E-state index >= 15 is 0 Å². The Morgan fingerprint density at radius 3 is 2.75 bits per heavy atom. The topological polar surface area (TPSA) is 15.8 Å². The van der Waals surface area contributed by atoms with Gasteiger partial charge in [0.2, 0.25) is 0 Å². The Hall–Kier alpha value is -0.340. The number of hydrogen-bond acceptors (Lipinski definition) is 2. The van der Waals surface area contributed by atoms with Crippen molar-refractivity contribution >= 4 is 0 Å². The summed E-state index contributed by atoms with van der Waals surface area (Å²) in [5, 5.41) is 0. The van der Waals surface area contributed by atoms with Crippen LogP contribution in [0.15, 0.2) is 11.6 Å². The maximum atomic E-state index is 5.78. The third-order valence-electron chi connectivity index (χ3n) is 4.03. The van der Waals surface area contributed by atoms with E-state index in [1.165, 1.54) is 31.3 Å². The Morgan fingerprint density at radius 1 is 1.44 bits per heavy atom. The Bertz CT molecular complexity index is 264. The van der Waals surface area contributed by atoms with Crippen LogP contribution < -0.4 is 0 Å². The minimum atomic E-state index is 0.254. The molecule has 0 N–H and O–H groups in total. The molecule has 2 aliphatic rings. The fourth-order valence-electron chi connectivity index (χ4n) is 2.91. The second-order valence-electron chi connectivity index (χ2n) is 5.48. The molecule has 2 heteroatoms. The van der Waals surface area contributed by atoms with Crippen molar-refractivity contribution in [2.75, 3.05) is 19.7 Å². The van der Waals surface area contributed by atoms with Crippen LogP contribution in [0.4, 0.5) is 0 Å². The molecule has 1 spiro atoms. The first-order chi connectivity index (χ1) is 7.68. The smallest absolute Gasteiger partial charge is 0.107 e. The zero-order chi connectivity index (χ0) is 11.6. The fourth-order valence-corrected chi connectivity index (χ4v) is 2.91. The van der Waals surface area contributed by atoms with Gasteiger partial charge in [0.1, 0.15) is 5.60 Å². The molecule has 1 saturated heterocycles. The molecule has 1 aliphatic heterocycles. The number of epoxide rings is 1. The Kier molecular flexibility index (Phi) is 3.70. The lowest BCUT2D eigenvalue weighted by Crippen LogP contribution is -2.47. The SMILES string of the molecule is CCN(CC=C(C)C)C1CCCCC12CO2. The van der Waals surface area contributed by atoms with Gasteiger partial charge in [0.25, 0.3) is 0 Å². The predicted octanol–water partition coefficient (Wildman–Crippen LogP) is 2.99. The average molecular weight is 223 g/mol. The molecule has 0 bridgehead atoms. The van der Waals surface area contributed by atoms with Crippen molar-refractivity contribution in [1.82, 2.24) is 4.90 Å². The van der Waals surface area contributed by atoms with Gasteiger partial charge in [0.15, 0.2) is 0 Å². The molecular formula is C14H25NO. The minimum absolute atomic E-state index is 0.254. The number of nitrogens with zero attached hydrogens (tertiary/aromatic N) is 1. The number of likely N-dealkylation sites (N-methyl/N-ethyl adjacent to an activating group) is 1. The third kappa shape index (κ3) is 2.49. The van der Waals surface area contributed by atoms with Gasteiger partial charge in [0, 0.05) is 12.6 Å². The number of hydrogen-bond donors (Lipinski definition) is 0. The Morgan fingerprint density at radius 2 is 2.19 bits per heavy atom. The molecular weight excluding hydrogens is 198 g/mol. The van der Waals surface area contributed by atoms with Gasteiger partial charge < -0.3 is 4.74 Å². The summed E-state index contributed by atoms with van der Waals surface area (Å²) in [4.78, 5) is 2.60. The summed E-state index contributed by atoms with van der Waals surface area (Å²) >= 11 is 0. The highest BCUT2D eigenvalue weighted by Gasteiger charge is 2.53. The summed E-state index contributed by atoms with van der Waals surface area (Å²) in [6.45, 7) is 9.86. The van der Waals surface area contributed by atoms with Gasteiger partial charge in [0.05, 0.1) is 6.61 Å². The zero-order valence-electron chi connectivity index (χ0n) is 11.0. The second kappa shape index (κ2) is 4.89. The van der Waals surface area contributed by atoms with E-state index < -0.39 is 0 Å². The molecule has 2 unspecified atom stereocenters. The molecule has 0 aromatic carbocycles. The van der Waals surface area contributed by atoms with Gasteiger partial charge >= 0.3 is 0 Å². The van der Waals surface area contributed by atoms with Crippen LogP contribution >= 0.6 is 0 Å². The third-order valence-corrected chi connectivity index (χ3v) is 4.03. The molecule has 2 fully saturated rings. The van der Waals surface area contributed by atoms with Crippen LogP contribution in [-0.4, -0.2) is 36.2 Å². The predicted molar refractivity (Wildman–Crippen MR) is 67.6 cm³/mol. The molecule has 0 amide bonds. The Balaban J connectivity index is 1.99. The quantitative estimate of drug-likeness (QED) is 0.538. The first kappa shape index (κ1) is 12.1. The summed E-state index contributed by atoms with van der Waals surface area (Å²) in [5.74, 6) is 0. The summed E-state index contributed by atoms with van der Waals surface area (Å²) in [6, 6.07) is 0.668. The van der Waals surface area contributed by atoms with Gasteiger partial charge in [-0.3, -0.25) is 4.90 Å². The van der Waals surface area contributed by atoms with Crippen LogP contribution in [0, 0.1) is 0 Å². The van der Waals surface area contributed by atoms with E-state index in [9.17, 15) is 0 Å². The summed E-state index contributed by atoms with van der Waals surface area (Å²) in [7, 11) is 0. The van der Waals surface area contributed by atoms with E-state index in [1.807, 2.05) is 0 Å². The van der Waals surface area contributed by atoms with Crippen molar-refractivity contribution < 1.29 is 4.74 Å². The second-order valence-corrected chi connectivity index (χ2v) is 5.48. The van der Waals surface area contributed by atoms with E-state index in [-0.39, 0.29) is 5.60 Å². The summed E-state index contributed by atoms with van der Waals surface area (Å²) in [5.41, 5.74) is 1.67. The van der Waals surface area contributed by atoms with Gasteiger partial charge in [-0.05, 0) is 33.2 Å². The molecule has 0 aromatic heterocycles. The highest BCUT2D eigenvalue weighted by atomic mass is 16.6. The standard InChI is InChI=1S/C14H25NO/c1-4-15(10-8-12(2)3)13-7-5-6-9-14(13)11-16-14/h8,13H,4-7,9-11H2,1-3H3. The lowest BCUT2D eigenvalue weighted by Gasteiger charge is -2.37. The van der Waals surface area contributed by atoms with Crippen LogP contribution in [0.5, 0.6) is 0 Å². The monoisotopic (exact) mass is 223 g/mol. The van der Waals surface area contributed by atoms with Gasteiger partial charge in [-0.15, -0.1) is 0 Å². The van der Waals surface area contributed by atoms with Gasteiger partial charge in [-0.1, -0.05) is 31.4 Å². The largest absolute Gasteiger partial charge is 0.368 e. The van der Waals surface area contributed by atoms with Crippen molar-refractivity contribution in [2.45, 2.75) is 58.1 Å². The normalized spacial score (nSPS) is 33.1. The van der Waals surface area contributed by atoms with Gasteiger partial charge in [-0.2, -0.15) is 0 Å². The highest BCUT2D eigenvalue weighted by molar-refractivity contribution is 5.07. The van der Waals surface area contributed by atoms with Crippen molar-refractivity contribution in [3.63, 3.8) is 0 Å². The summed E-state index contributed by atoms with van der Waals surface area (Å²) < 4.78 is 5.78. The highest BCUT2D eigenvalue weighted by Crippen LogP contribution is 2.44. The first-order valence-electron chi connectivity index (χ1n) is 6.69. The number of allylic oxidation sites excluding steroid dienone is 1. The van der Waals surface area contributed by atoms with E-state index in [0.29, 0.717) is 6.04 Å². The average Bonchev–Trinajstić information content (AvgIpc) is 3.02. The van der Waals surface area contributed by atoms with E-state index in [1.54, 1.807) is 0 Å². The molecule has 2 atom stereocenters. The lowest BCUT2D eigenvalue weighted by atomic mass is 9.83. The molecule has 0 aromatic rings. The van der Waals surface area contributed by atoms with Crippen LogP contribution in [0.1, 0.15) is 46.5 Å². The molecule has 1 heterocycles. The van der Waals surface area contributed by atoms with Crippen LogP contribution in [0.25, 0.3) is 0 Å². The molecule has 1 saturated carbocycles. The van der Waals surface area contributed by atoms with E-state index in [0.717, 1.165) is 19.7 Å². The maximum Gasteiger partial charge on any atom is 0.107 e. The maximum absolute atomic E-state index is 5.78. The summed E-state index contributed by atoms with van der Waals surface area (Å²) in [6.07, 6.45) is 7.68. The van der Waals surface area contributed by atoms with E-state index in [4.69, 9.17) is 4.74 Å². The van der Waals surface area contributed by atoms with Crippen LogP contribution in [0.3, 0.4) is 0 Å². The molecule has 1 aliphatic carbocycles. The van der Waals surface area contributed by atoms with E-state index in [2.05, 4.69) is 31.7 Å². The zero-order valence-corrected chi connectivity index (χ0v) is 11.0. The van der Waals surface area contributed by atoms with Crippen molar-refractivity contribution in [3.8, 4) is 0 Å². The lowest BCUT2D eigenvalue weighted by molar-refractivity contribution is 0.0849. The minimum Gasteiger partial charge on any atom is -0.368 e. The molecule has 92 valence electrons. The van der Waals surface area contributed by atoms with Gasteiger partial charge in [-0.25, -0.2) is 0 Å². The number of ether oxygens (including phenoxy) is 1. The van der Waals surface area contributed by atoms with Crippen LogP contribution in [-0.2, 0) is 4.74 Å². The van der Waals surface area contributed by atoms with Crippen molar-refractivity contribution in [3.05, 3.63) is 11.6 Å². The van der Waals surface area contributed by atoms with Crippen molar-refractivity contribution in [1.29, 1.82) is 0 Å². The van der Waals surface area contributed by atoms with Crippen molar-refractivity contribution in [2.24, 2.45) is 0 Å². The molecule has 2 rings (SSSR count). The fraction of sp³-hybridized carbons (Fsp3) is 0.857. The van der Waals surface area contributed by atoms with Crippen LogP contribution in [0.2, 0.25) is 0 Å². The Labute approximate surface area is 99.7 Å². The number of rotatable bonds is 4.